The highest BCUT2D eigenvalue weighted by molar-refractivity contribution is 5.74. The summed E-state index contributed by atoms with van der Waals surface area (Å²) in [7, 11) is 0. The Morgan fingerprint density at radius 1 is 1.15 bits per heavy atom. The zero-order valence-corrected chi connectivity index (χ0v) is 10.9. The lowest BCUT2D eigenvalue weighted by Crippen LogP contribution is -2.20. The molecule has 3 rings (SSSR count). The van der Waals surface area contributed by atoms with Gasteiger partial charge in [0.25, 0.3) is 5.56 Å². The summed E-state index contributed by atoms with van der Waals surface area (Å²) in [5, 5.41) is 9.27. The lowest BCUT2D eigenvalue weighted by molar-refractivity contribution is 0.628. The number of aromatic nitrogens is 1. The molecule has 1 aromatic heterocycles. The van der Waals surface area contributed by atoms with E-state index in [2.05, 4.69) is 4.98 Å². The fourth-order valence-electron chi connectivity index (χ4n) is 2.82. The lowest BCUT2D eigenvalue weighted by Gasteiger charge is -2.20. The molecule has 0 unspecified atom stereocenters. The number of pyridine rings is 1. The number of fused-ring (bicyclic) bond motifs is 1. The second-order valence-corrected chi connectivity index (χ2v) is 4.99. The average Bonchev–Trinajstić information content (AvgIpc) is 2.47. The molecular formula is C16H13FN2O. The smallest absolute Gasteiger partial charge is 0.266 e. The zero-order chi connectivity index (χ0) is 14.1. The minimum Gasteiger partial charge on any atom is -0.325 e. The van der Waals surface area contributed by atoms with Crippen molar-refractivity contribution >= 4 is 0 Å². The third-order valence-corrected chi connectivity index (χ3v) is 3.76. The number of aromatic amines is 1. The highest BCUT2D eigenvalue weighted by Crippen LogP contribution is 2.31. The zero-order valence-electron chi connectivity index (χ0n) is 10.9. The predicted molar refractivity (Wildman–Crippen MR) is 73.8 cm³/mol. The molecule has 3 nitrogen and oxygen atoms in total. The van der Waals surface area contributed by atoms with Gasteiger partial charge in [-0.3, -0.25) is 4.79 Å². The van der Waals surface area contributed by atoms with Gasteiger partial charge in [0.15, 0.2) is 0 Å². The van der Waals surface area contributed by atoms with Crippen LogP contribution < -0.4 is 5.56 Å². The third kappa shape index (κ3) is 2.01. The molecule has 4 heteroatoms. The molecule has 0 saturated carbocycles. The van der Waals surface area contributed by atoms with E-state index in [1.165, 1.54) is 12.1 Å². The number of hydrogen-bond donors (Lipinski definition) is 1. The van der Waals surface area contributed by atoms with Crippen LogP contribution in [0.4, 0.5) is 4.39 Å². The fourth-order valence-corrected chi connectivity index (χ4v) is 2.82. The van der Waals surface area contributed by atoms with E-state index in [9.17, 15) is 14.4 Å². The van der Waals surface area contributed by atoms with Crippen LogP contribution in [0.3, 0.4) is 0 Å². The van der Waals surface area contributed by atoms with Crippen molar-refractivity contribution < 1.29 is 4.39 Å². The molecule has 0 atom stereocenters. The van der Waals surface area contributed by atoms with Gasteiger partial charge < -0.3 is 4.98 Å². The monoisotopic (exact) mass is 268 g/mol. The Morgan fingerprint density at radius 2 is 1.85 bits per heavy atom. The average molecular weight is 268 g/mol. The lowest BCUT2D eigenvalue weighted by atomic mass is 9.87. The molecule has 1 N–H and O–H groups in total. The Kier molecular flexibility index (Phi) is 3.11. The van der Waals surface area contributed by atoms with Gasteiger partial charge in [-0.2, -0.15) is 5.26 Å². The summed E-state index contributed by atoms with van der Waals surface area (Å²) in [5.41, 5.74) is 3.11. The predicted octanol–water partition coefficient (Wildman–Crippen LogP) is 2.93. The fraction of sp³-hybridized carbons (Fsp3) is 0.250. The van der Waals surface area contributed by atoms with Crippen LogP contribution in [0, 0.1) is 17.1 Å². The SMILES string of the molecule is N#Cc1c(-c2ccc(F)cc2)c2c([nH]c1=O)CCCC2. The number of H-pyrrole nitrogens is 1. The second kappa shape index (κ2) is 4.93. The molecule has 100 valence electrons. The maximum atomic E-state index is 13.1. The molecule has 0 fully saturated rings. The van der Waals surface area contributed by atoms with Crippen molar-refractivity contribution in [1.82, 2.24) is 4.98 Å². The number of hydrogen-bond acceptors (Lipinski definition) is 2. The van der Waals surface area contributed by atoms with Gasteiger partial charge in [0, 0.05) is 11.3 Å². The Morgan fingerprint density at radius 3 is 2.55 bits per heavy atom. The van der Waals surface area contributed by atoms with E-state index in [4.69, 9.17) is 0 Å². The minimum absolute atomic E-state index is 0.122. The third-order valence-electron chi connectivity index (χ3n) is 3.76. The molecule has 1 heterocycles. The van der Waals surface area contributed by atoms with Crippen LogP contribution in [-0.2, 0) is 12.8 Å². The summed E-state index contributed by atoms with van der Waals surface area (Å²) in [6.07, 6.45) is 3.74. The van der Waals surface area contributed by atoms with Crippen molar-refractivity contribution in [3.8, 4) is 17.2 Å². The van der Waals surface area contributed by atoms with E-state index in [0.717, 1.165) is 42.5 Å². The Labute approximate surface area is 115 Å². The molecule has 2 aromatic rings. The summed E-state index contributed by atoms with van der Waals surface area (Å²) in [6, 6.07) is 7.95. The Bertz CT molecular complexity index is 754. The molecular weight excluding hydrogens is 255 g/mol. The van der Waals surface area contributed by atoms with Gasteiger partial charge >= 0.3 is 0 Å². The maximum Gasteiger partial charge on any atom is 0.266 e. The van der Waals surface area contributed by atoms with Crippen LogP contribution >= 0.6 is 0 Å². The first kappa shape index (κ1) is 12.6. The van der Waals surface area contributed by atoms with Crippen LogP contribution in [0.25, 0.3) is 11.1 Å². The first-order chi connectivity index (χ1) is 9.70. The van der Waals surface area contributed by atoms with E-state index in [1.54, 1.807) is 12.1 Å². The highest BCUT2D eigenvalue weighted by atomic mass is 19.1. The van der Waals surface area contributed by atoms with Crippen LogP contribution in [-0.4, -0.2) is 4.98 Å². The molecule has 0 spiro atoms. The van der Waals surface area contributed by atoms with E-state index in [-0.39, 0.29) is 16.9 Å². The maximum absolute atomic E-state index is 13.1. The number of halogens is 1. The van der Waals surface area contributed by atoms with Gasteiger partial charge in [-0.15, -0.1) is 0 Å². The van der Waals surface area contributed by atoms with Crippen LogP contribution in [0.15, 0.2) is 29.1 Å². The largest absolute Gasteiger partial charge is 0.325 e. The van der Waals surface area contributed by atoms with Crippen LogP contribution in [0.2, 0.25) is 0 Å². The number of benzene rings is 1. The molecule has 20 heavy (non-hydrogen) atoms. The highest BCUT2D eigenvalue weighted by Gasteiger charge is 2.20. The quantitative estimate of drug-likeness (QED) is 0.864. The van der Waals surface area contributed by atoms with Crippen molar-refractivity contribution in [2.45, 2.75) is 25.7 Å². The number of aryl methyl sites for hydroxylation is 1. The molecule has 0 aliphatic heterocycles. The summed E-state index contributed by atoms with van der Waals surface area (Å²) in [5.74, 6) is -0.328. The van der Waals surface area contributed by atoms with Crippen molar-refractivity contribution in [3.05, 3.63) is 57.3 Å². The minimum atomic E-state index is -0.354. The van der Waals surface area contributed by atoms with Crippen molar-refractivity contribution in [2.75, 3.05) is 0 Å². The number of nitriles is 1. The number of nitrogens with zero attached hydrogens (tertiary/aromatic N) is 1. The van der Waals surface area contributed by atoms with Crippen molar-refractivity contribution in [2.24, 2.45) is 0 Å². The number of rotatable bonds is 1. The Hall–Kier alpha value is -2.41. The van der Waals surface area contributed by atoms with E-state index in [0.29, 0.717) is 5.56 Å². The van der Waals surface area contributed by atoms with Gasteiger partial charge in [-0.05, 0) is 48.9 Å². The van der Waals surface area contributed by atoms with Gasteiger partial charge in [0.1, 0.15) is 17.4 Å². The normalized spacial score (nSPS) is 13.6. The number of nitrogens with one attached hydrogen (secondary N) is 1. The van der Waals surface area contributed by atoms with Crippen molar-refractivity contribution in [3.63, 3.8) is 0 Å². The van der Waals surface area contributed by atoms with E-state index in [1.807, 2.05) is 6.07 Å². The molecule has 0 bridgehead atoms. The van der Waals surface area contributed by atoms with E-state index >= 15 is 0 Å². The molecule has 0 radical (unpaired) electrons. The summed E-state index contributed by atoms with van der Waals surface area (Å²) < 4.78 is 13.1. The molecule has 1 aliphatic rings. The van der Waals surface area contributed by atoms with Crippen LogP contribution in [0.5, 0.6) is 0 Å². The Balaban J connectivity index is 2.32. The topological polar surface area (TPSA) is 56.6 Å². The summed E-state index contributed by atoms with van der Waals surface area (Å²) in [6.45, 7) is 0. The first-order valence-corrected chi connectivity index (χ1v) is 6.65. The van der Waals surface area contributed by atoms with Crippen LogP contribution in [0.1, 0.15) is 29.7 Å². The molecule has 0 saturated heterocycles. The van der Waals surface area contributed by atoms with Gasteiger partial charge in [0.05, 0.1) is 0 Å². The van der Waals surface area contributed by atoms with Crippen molar-refractivity contribution in [1.29, 1.82) is 5.26 Å². The van der Waals surface area contributed by atoms with Gasteiger partial charge in [-0.1, -0.05) is 12.1 Å². The van der Waals surface area contributed by atoms with E-state index < -0.39 is 0 Å². The molecule has 1 aromatic carbocycles. The van der Waals surface area contributed by atoms with Gasteiger partial charge in [0.2, 0.25) is 0 Å². The summed E-state index contributed by atoms with van der Waals surface area (Å²) >= 11 is 0. The second-order valence-electron chi connectivity index (χ2n) is 4.99. The molecule has 0 amide bonds. The molecule has 1 aliphatic carbocycles. The van der Waals surface area contributed by atoms with Gasteiger partial charge in [-0.25, -0.2) is 4.39 Å². The first-order valence-electron chi connectivity index (χ1n) is 6.65. The standard InChI is InChI=1S/C16H13FN2O/c17-11-7-5-10(6-8-11)15-12-3-1-2-4-14(12)19-16(20)13(15)9-18/h5-8H,1-4H2,(H,19,20). The summed E-state index contributed by atoms with van der Waals surface area (Å²) in [4.78, 5) is 14.8.